The minimum atomic E-state index is -0.647. The molecule has 0 radical (unpaired) electrons. The van der Waals surface area contributed by atoms with Crippen LogP contribution in [0.2, 0.25) is 0 Å². The van der Waals surface area contributed by atoms with Crippen LogP contribution in [0, 0.1) is 5.82 Å². The lowest BCUT2D eigenvalue weighted by molar-refractivity contribution is -0.137. The number of para-hydroxylation sites is 1. The van der Waals surface area contributed by atoms with Gasteiger partial charge in [-0.05, 0) is 35.9 Å². The molecule has 2 aromatic carbocycles. The van der Waals surface area contributed by atoms with Gasteiger partial charge in [-0.3, -0.25) is 19.3 Å². The molecular weight excluding hydrogens is 431 g/mol. The first kappa shape index (κ1) is 22.5. The van der Waals surface area contributed by atoms with Crippen molar-refractivity contribution in [3.05, 3.63) is 59.0 Å². The molecule has 0 spiro atoms. The van der Waals surface area contributed by atoms with Crippen molar-refractivity contribution in [3.8, 4) is 11.5 Å². The van der Waals surface area contributed by atoms with Crippen molar-refractivity contribution in [1.29, 1.82) is 0 Å². The van der Waals surface area contributed by atoms with Crippen molar-refractivity contribution in [3.63, 3.8) is 0 Å². The molecule has 2 heterocycles. The van der Waals surface area contributed by atoms with Crippen LogP contribution in [0.4, 0.5) is 10.1 Å². The maximum Gasteiger partial charge on any atom is 0.260 e. The van der Waals surface area contributed by atoms with E-state index in [9.17, 15) is 18.8 Å². The molecule has 8 nitrogen and oxygen atoms in total. The third-order valence-corrected chi connectivity index (χ3v) is 5.45. The molecule has 4 rings (SSSR count). The van der Waals surface area contributed by atoms with E-state index in [1.165, 1.54) is 38.3 Å². The van der Waals surface area contributed by atoms with E-state index in [1.54, 1.807) is 23.1 Å². The molecule has 2 aliphatic rings. The molecule has 172 valence electrons. The predicted octanol–water partition coefficient (Wildman–Crippen LogP) is 2.66. The predicted molar refractivity (Wildman–Crippen MR) is 118 cm³/mol. The fraction of sp³-hybridized carbons (Fsp3) is 0.292. The van der Waals surface area contributed by atoms with Crippen LogP contribution < -0.4 is 14.4 Å². The highest BCUT2D eigenvalue weighted by Gasteiger charge is 2.37. The molecule has 0 atom stereocenters. The van der Waals surface area contributed by atoms with Gasteiger partial charge >= 0.3 is 0 Å². The van der Waals surface area contributed by atoms with Gasteiger partial charge in [-0.2, -0.15) is 0 Å². The first-order valence-electron chi connectivity index (χ1n) is 10.4. The van der Waals surface area contributed by atoms with Crippen LogP contribution in [-0.2, 0) is 14.3 Å². The zero-order valence-corrected chi connectivity index (χ0v) is 18.3. The number of ether oxygens (including phenoxy) is 3. The number of amides is 2. The van der Waals surface area contributed by atoms with Gasteiger partial charge in [0.2, 0.25) is 11.7 Å². The van der Waals surface area contributed by atoms with E-state index in [1.807, 2.05) is 0 Å². The summed E-state index contributed by atoms with van der Waals surface area (Å²) < 4.78 is 30.7. The molecule has 0 unspecified atom stereocenters. The fourth-order valence-corrected chi connectivity index (χ4v) is 3.84. The summed E-state index contributed by atoms with van der Waals surface area (Å²) in [6.45, 7) is 3.17. The second-order valence-corrected chi connectivity index (χ2v) is 7.54. The van der Waals surface area contributed by atoms with E-state index in [4.69, 9.17) is 14.2 Å². The average molecular weight is 454 g/mol. The number of nitrogens with zero attached hydrogens (tertiary/aromatic N) is 2. The minimum absolute atomic E-state index is 0.0424. The molecule has 0 aromatic heterocycles. The fourth-order valence-electron chi connectivity index (χ4n) is 3.84. The third-order valence-electron chi connectivity index (χ3n) is 5.45. The van der Waals surface area contributed by atoms with Gasteiger partial charge in [-0.1, -0.05) is 12.1 Å². The molecule has 2 amide bonds. The molecule has 0 N–H and O–H groups in total. The molecule has 33 heavy (non-hydrogen) atoms. The van der Waals surface area contributed by atoms with Gasteiger partial charge < -0.3 is 19.1 Å². The van der Waals surface area contributed by atoms with Crippen molar-refractivity contribution in [2.45, 2.75) is 6.92 Å². The normalized spacial score (nSPS) is 16.7. The Labute approximate surface area is 190 Å². The minimum Gasteiger partial charge on any atom is -0.493 e. The zero-order chi connectivity index (χ0) is 23.5. The number of halogens is 1. The summed E-state index contributed by atoms with van der Waals surface area (Å²) in [5.74, 6) is -1.02. The second-order valence-electron chi connectivity index (χ2n) is 7.54. The van der Waals surface area contributed by atoms with Crippen LogP contribution in [0.25, 0.3) is 6.08 Å². The Balaban J connectivity index is 1.57. The number of morpholine rings is 1. The Morgan fingerprint density at radius 3 is 2.61 bits per heavy atom. The number of rotatable bonds is 5. The Morgan fingerprint density at radius 1 is 1.15 bits per heavy atom. The van der Waals surface area contributed by atoms with E-state index in [2.05, 4.69) is 0 Å². The van der Waals surface area contributed by atoms with Crippen molar-refractivity contribution in [1.82, 2.24) is 4.90 Å². The largest absolute Gasteiger partial charge is 0.493 e. The quantitative estimate of drug-likeness (QED) is 0.646. The number of fused-ring (bicyclic) bond motifs is 1. The molecule has 9 heteroatoms. The van der Waals surface area contributed by atoms with Gasteiger partial charge in [0.05, 0.1) is 37.3 Å². The zero-order valence-electron chi connectivity index (χ0n) is 18.3. The summed E-state index contributed by atoms with van der Waals surface area (Å²) in [6, 6.07) is 9.02. The summed E-state index contributed by atoms with van der Waals surface area (Å²) in [6.07, 6.45) is 1.49. The monoisotopic (exact) mass is 454 g/mol. The number of ketones is 1. The molecule has 0 saturated carbocycles. The van der Waals surface area contributed by atoms with Crippen LogP contribution in [0.1, 0.15) is 22.8 Å². The maximum absolute atomic E-state index is 14.4. The van der Waals surface area contributed by atoms with E-state index in [-0.39, 0.29) is 29.5 Å². The summed E-state index contributed by atoms with van der Waals surface area (Å²) in [5, 5.41) is 0. The van der Waals surface area contributed by atoms with Crippen LogP contribution in [-0.4, -0.2) is 62.5 Å². The van der Waals surface area contributed by atoms with E-state index in [0.717, 1.165) is 4.90 Å². The van der Waals surface area contributed by atoms with Crippen LogP contribution in [0.3, 0.4) is 0 Å². The maximum atomic E-state index is 14.4. The smallest absolute Gasteiger partial charge is 0.260 e. The number of allylic oxidation sites excluding steroid dienone is 1. The number of hydrogen-bond donors (Lipinski definition) is 0. The van der Waals surface area contributed by atoms with Crippen molar-refractivity contribution in [2.24, 2.45) is 0 Å². The van der Waals surface area contributed by atoms with Crippen molar-refractivity contribution in [2.75, 3.05) is 44.9 Å². The lowest BCUT2D eigenvalue weighted by Gasteiger charge is -2.26. The topological polar surface area (TPSA) is 85.4 Å². The lowest BCUT2D eigenvalue weighted by atomic mass is 10.1. The molecule has 2 aromatic rings. The number of carbonyl (C=O) groups excluding carboxylic acids is 3. The van der Waals surface area contributed by atoms with E-state index >= 15 is 0 Å². The Hall–Kier alpha value is -3.72. The number of methoxy groups -OCH3 is 1. The molecular formula is C24H23FN2O6. The Morgan fingerprint density at radius 2 is 1.91 bits per heavy atom. The first-order chi connectivity index (χ1) is 15.9. The lowest BCUT2D eigenvalue weighted by Crippen LogP contribution is -2.43. The molecule has 0 aliphatic carbocycles. The molecule has 1 saturated heterocycles. The van der Waals surface area contributed by atoms with Crippen LogP contribution >= 0.6 is 0 Å². The average Bonchev–Trinajstić information content (AvgIpc) is 3.11. The van der Waals surface area contributed by atoms with Gasteiger partial charge in [0.1, 0.15) is 5.82 Å². The Bertz CT molecular complexity index is 1140. The van der Waals surface area contributed by atoms with Gasteiger partial charge in [0.25, 0.3) is 5.91 Å². The van der Waals surface area contributed by atoms with Crippen molar-refractivity contribution >= 4 is 29.4 Å². The molecule has 2 aliphatic heterocycles. The van der Waals surface area contributed by atoms with Gasteiger partial charge in [0.15, 0.2) is 18.1 Å². The van der Waals surface area contributed by atoms with E-state index < -0.39 is 17.5 Å². The van der Waals surface area contributed by atoms with Gasteiger partial charge in [-0.25, -0.2) is 4.39 Å². The third kappa shape index (κ3) is 4.45. The standard InChI is InChI=1S/C24H23FN2O6/c1-15(28)27-19(24(30)17-4-3-5-18(25)23(17)27)12-16-6-7-20(21(13-16)31-2)33-14-22(29)26-8-10-32-11-9-26/h3-7,12-13H,8-11,14H2,1-2H3/b19-12-. The first-order valence-corrected chi connectivity index (χ1v) is 10.4. The molecule has 1 fully saturated rings. The summed E-state index contributed by atoms with van der Waals surface area (Å²) in [4.78, 5) is 40.2. The van der Waals surface area contributed by atoms with Gasteiger partial charge in [0, 0.05) is 20.0 Å². The number of anilines is 1. The number of benzene rings is 2. The molecule has 0 bridgehead atoms. The second kappa shape index (κ2) is 9.41. The number of carbonyl (C=O) groups is 3. The highest BCUT2D eigenvalue weighted by atomic mass is 19.1. The summed E-state index contributed by atoms with van der Waals surface area (Å²) in [7, 11) is 1.46. The summed E-state index contributed by atoms with van der Waals surface area (Å²) in [5.41, 5.74) is 0.669. The van der Waals surface area contributed by atoms with Crippen LogP contribution in [0.15, 0.2) is 42.1 Å². The number of Topliss-reactive ketones (excluding diaryl/α,β-unsaturated/α-hetero) is 1. The van der Waals surface area contributed by atoms with Crippen molar-refractivity contribution < 1.29 is 33.0 Å². The Kier molecular flexibility index (Phi) is 6.41. The SMILES string of the molecule is COc1cc(/C=C2/C(=O)c3cccc(F)c3N2C(C)=O)ccc1OCC(=O)N1CCOCC1. The van der Waals surface area contributed by atoms with E-state index in [0.29, 0.717) is 43.4 Å². The van der Waals surface area contributed by atoms with Crippen LogP contribution in [0.5, 0.6) is 11.5 Å². The highest BCUT2D eigenvalue weighted by molar-refractivity contribution is 6.26. The summed E-state index contributed by atoms with van der Waals surface area (Å²) >= 11 is 0. The number of hydrogen-bond acceptors (Lipinski definition) is 6. The van der Waals surface area contributed by atoms with Gasteiger partial charge in [-0.15, -0.1) is 0 Å². The highest BCUT2D eigenvalue weighted by Crippen LogP contribution is 2.38.